The largest absolute Gasteiger partial charge is 0.494 e. The Morgan fingerprint density at radius 2 is 2.06 bits per heavy atom. The van der Waals surface area contributed by atoms with Gasteiger partial charge in [0, 0.05) is 6.20 Å². The molecule has 0 saturated carbocycles. The molecular weight excluding hydrogens is 477 g/mol. The third-order valence-electron chi connectivity index (χ3n) is 4.52. The van der Waals surface area contributed by atoms with Crippen molar-refractivity contribution in [3.8, 4) is 23.3 Å². The number of aromatic nitrogens is 4. The Morgan fingerprint density at radius 3 is 2.72 bits per heavy atom. The molecule has 0 bridgehead atoms. The summed E-state index contributed by atoms with van der Waals surface area (Å²) in [6, 6.07) is 5.55. The van der Waals surface area contributed by atoms with Gasteiger partial charge in [-0.1, -0.05) is 58.9 Å². The first-order chi connectivity index (χ1) is 15.4. The van der Waals surface area contributed by atoms with Crippen LogP contribution in [0.3, 0.4) is 0 Å². The van der Waals surface area contributed by atoms with Crippen molar-refractivity contribution in [2.45, 2.75) is 17.1 Å². The first-order valence-corrected chi connectivity index (χ1v) is 10.6. The lowest BCUT2D eigenvalue weighted by Gasteiger charge is -2.24. The maximum atomic E-state index is 6.02. The van der Waals surface area contributed by atoms with Gasteiger partial charge in [-0.2, -0.15) is 4.98 Å². The van der Waals surface area contributed by atoms with E-state index in [1.807, 2.05) is 25.1 Å². The van der Waals surface area contributed by atoms with Crippen LogP contribution in [0.5, 0.6) is 11.5 Å². The summed E-state index contributed by atoms with van der Waals surface area (Å²) in [6.07, 6.45) is 3.94. The van der Waals surface area contributed by atoms with Gasteiger partial charge in [0.15, 0.2) is 11.5 Å². The fraction of sp³-hybridized carbons (Fsp3) is 0.238. The molecular formula is C21H16Cl3N5O3. The summed E-state index contributed by atoms with van der Waals surface area (Å²) in [5, 5.41) is 6.79. The number of ether oxygens (including phenoxy) is 2. The van der Waals surface area contributed by atoms with Crippen LogP contribution in [0.4, 0.5) is 6.01 Å². The number of anilines is 1. The molecule has 1 N–H and O–H groups in total. The van der Waals surface area contributed by atoms with Gasteiger partial charge in [0.2, 0.25) is 5.82 Å². The predicted molar refractivity (Wildman–Crippen MR) is 121 cm³/mol. The zero-order valence-corrected chi connectivity index (χ0v) is 19.2. The third-order valence-corrected chi connectivity index (χ3v) is 5.03. The van der Waals surface area contributed by atoms with Crippen molar-refractivity contribution in [3.05, 3.63) is 58.9 Å². The second-order valence-corrected chi connectivity index (χ2v) is 8.79. The molecule has 164 valence electrons. The van der Waals surface area contributed by atoms with Crippen LogP contribution in [0, 0.1) is 11.8 Å². The van der Waals surface area contributed by atoms with Crippen molar-refractivity contribution in [2.24, 2.45) is 0 Å². The number of alkyl halides is 3. The number of pyridine rings is 2. The van der Waals surface area contributed by atoms with Crippen molar-refractivity contribution in [3.63, 3.8) is 0 Å². The molecule has 4 rings (SSSR count). The Morgan fingerprint density at radius 1 is 1.22 bits per heavy atom. The lowest BCUT2D eigenvalue weighted by Crippen LogP contribution is -2.18. The lowest BCUT2D eigenvalue weighted by atomic mass is 10.0. The van der Waals surface area contributed by atoms with Crippen molar-refractivity contribution in [1.82, 2.24) is 20.1 Å². The second kappa shape index (κ2) is 9.25. The van der Waals surface area contributed by atoms with E-state index in [4.69, 9.17) is 48.8 Å². The van der Waals surface area contributed by atoms with Crippen LogP contribution >= 0.6 is 34.8 Å². The first kappa shape index (κ1) is 22.2. The monoisotopic (exact) mass is 491 g/mol. The summed E-state index contributed by atoms with van der Waals surface area (Å²) in [5.41, 5.74) is 3.27. The van der Waals surface area contributed by atoms with Crippen molar-refractivity contribution < 1.29 is 14.0 Å². The van der Waals surface area contributed by atoms with Crippen LogP contribution in [0.2, 0.25) is 0 Å². The van der Waals surface area contributed by atoms with Crippen LogP contribution in [-0.2, 0) is 3.79 Å². The number of hydrogen-bond donors (Lipinski definition) is 1. The van der Waals surface area contributed by atoms with Gasteiger partial charge in [0.05, 0.1) is 19.0 Å². The van der Waals surface area contributed by atoms with Gasteiger partial charge < -0.3 is 19.3 Å². The zero-order valence-electron chi connectivity index (χ0n) is 16.9. The zero-order chi connectivity index (χ0) is 22.7. The van der Waals surface area contributed by atoms with E-state index in [2.05, 4.69) is 37.3 Å². The highest BCUT2D eigenvalue weighted by Crippen LogP contribution is 2.40. The summed E-state index contributed by atoms with van der Waals surface area (Å²) >= 11 is 17.5. The predicted octanol–water partition coefficient (Wildman–Crippen LogP) is 4.72. The van der Waals surface area contributed by atoms with Gasteiger partial charge in [0.1, 0.15) is 23.6 Å². The van der Waals surface area contributed by atoms with Crippen molar-refractivity contribution in [1.29, 1.82) is 0 Å². The number of methoxy groups -OCH3 is 1. The number of nitrogens with zero attached hydrogens (tertiary/aromatic N) is 4. The molecule has 11 heteroatoms. The SMILES string of the molecule is CCC1=C(Nc2nc(C(Cl)(Cl)Cl)no2)c2ncc(OC)c(C#Cc3ccccn3)c2OC1. The van der Waals surface area contributed by atoms with E-state index in [9.17, 15) is 0 Å². The van der Waals surface area contributed by atoms with Crippen LogP contribution in [0.25, 0.3) is 5.70 Å². The summed E-state index contributed by atoms with van der Waals surface area (Å²) in [5.74, 6) is 6.98. The highest BCUT2D eigenvalue weighted by molar-refractivity contribution is 6.66. The van der Waals surface area contributed by atoms with Crippen LogP contribution in [0.15, 0.2) is 40.7 Å². The minimum atomic E-state index is -1.81. The summed E-state index contributed by atoms with van der Waals surface area (Å²) in [6.45, 7) is 2.31. The molecule has 0 radical (unpaired) electrons. The van der Waals surface area contributed by atoms with Gasteiger partial charge in [-0.05, 0) is 30.0 Å². The van der Waals surface area contributed by atoms with Crippen LogP contribution < -0.4 is 14.8 Å². The number of nitrogens with one attached hydrogen (secondary N) is 1. The van der Waals surface area contributed by atoms with Gasteiger partial charge in [-0.3, -0.25) is 0 Å². The maximum absolute atomic E-state index is 6.02. The topological polar surface area (TPSA) is 95.2 Å². The molecule has 8 nitrogen and oxygen atoms in total. The number of fused-ring (bicyclic) bond motifs is 1. The van der Waals surface area contributed by atoms with E-state index >= 15 is 0 Å². The van der Waals surface area contributed by atoms with E-state index in [1.165, 1.54) is 0 Å². The van der Waals surface area contributed by atoms with Gasteiger partial charge in [0.25, 0.3) is 3.79 Å². The summed E-state index contributed by atoms with van der Waals surface area (Å²) < 4.78 is 14.9. The Hall–Kier alpha value is -2.99. The molecule has 0 amide bonds. The fourth-order valence-electron chi connectivity index (χ4n) is 2.95. The highest BCUT2D eigenvalue weighted by atomic mass is 35.6. The van der Waals surface area contributed by atoms with Crippen LogP contribution in [-0.4, -0.2) is 33.8 Å². The molecule has 0 aromatic carbocycles. The first-order valence-electron chi connectivity index (χ1n) is 9.43. The molecule has 0 spiro atoms. The fourth-order valence-corrected chi connectivity index (χ4v) is 3.18. The van der Waals surface area contributed by atoms with E-state index in [0.29, 0.717) is 47.2 Å². The number of halogens is 3. The number of rotatable bonds is 4. The van der Waals surface area contributed by atoms with Crippen LogP contribution in [0.1, 0.15) is 36.1 Å². The minimum Gasteiger partial charge on any atom is -0.494 e. The molecule has 0 aliphatic carbocycles. The molecule has 0 atom stereocenters. The van der Waals surface area contributed by atoms with E-state index in [-0.39, 0.29) is 11.8 Å². The van der Waals surface area contributed by atoms with Crippen molar-refractivity contribution >= 4 is 46.5 Å². The summed E-state index contributed by atoms with van der Waals surface area (Å²) in [7, 11) is 1.54. The van der Waals surface area contributed by atoms with E-state index in [0.717, 1.165) is 5.57 Å². The molecule has 32 heavy (non-hydrogen) atoms. The molecule has 3 aromatic heterocycles. The molecule has 0 saturated heterocycles. The van der Waals surface area contributed by atoms with Gasteiger partial charge >= 0.3 is 6.01 Å². The van der Waals surface area contributed by atoms with Gasteiger partial charge in [-0.25, -0.2) is 9.97 Å². The highest BCUT2D eigenvalue weighted by Gasteiger charge is 2.31. The minimum absolute atomic E-state index is 0.0545. The van der Waals surface area contributed by atoms with Gasteiger partial charge in [-0.15, -0.1) is 0 Å². The second-order valence-electron chi connectivity index (χ2n) is 6.51. The standard InChI is InChI=1S/C21H16Cl3N5O3/c1-3-12-11-31-18-14(8-7-13-6-4-5-9-25-13)15(30-2)10-26-17(18)16(12)27-20-28-19(29-32-20)21(22,23)24/h4-6,9-10H,3,11H2,1-2H3,(H,27,28,29). The quantitative estimate of drug-likeness (QED) is 0.413. The molecule has 0 unspecified atom stereocenters. The Kier molecular flexibility index (Phi) is 6.42. The molecule has 0 fully saturated rings. The molecule has 3 aromatic rings. The molecule has 1 aliphatic rings. The summed E-state index contributed by atoms with van der Waals surface area (Å²) in [4.78, 5) is 12.8. The third kappa shape index (κ3) is 4.60. The van der Waals surface area contributed by atoms with E-state index < -0.39 is 3.79 Å². The normalized spacial score (nSPS) is 13.0. The Labute approximate surface area is 198 Å². The maximum Gasteiger partial charge on any atom is 0.326 e. The number of hydrogen-bond acceptors (Lipinski definition) is 8. The average Bonchev–Trinajstić information content (AvgIpc) is 3.27. The molecule has 4 heterocycles. The smallest absolute Gasteiger partial charge is 0.326 e. The lowest BCUT2D eigenvalue weighted by molar-refractivity contribution is 0.333. The van der Waals surface area contributed by atoms with E-state index in [1.54, 1.807) is 19.5 Å². The molecule has 1 aliphatic heterocycles. The Bertz CT molecular complexity index is 1230. The Balaban J connectivity index is 1.77. The van der Waals surface area contributed by atoms with Crippen molar-refractivity contribution in [2.75, 3.05) is 19.0 Å². The average molecular weight is 493 g/mol.